The highest BCUT2D eigenvalue weighted by molar-refractivity contribution is 6.06. The van der Waals surface area contributed by atoms with Gasteiger partial charge in [0.15, 0.2) is 17.1 Å². The van der Waals surface area contributed by atoms with Crippen LogP contribution in [0, 0.1) is 6.92 Å². The molecule has 5 heterocycles. The van der Waals surface area contributed by atoms with E-state index in [1.54, 1.807) is 24.7 Å². The Labute approximate surface area is 217 Å². The van der Waals surface area contributed by atoms with Crippen LogP contribution in [0.4, 0.5) is 30.6 Å². The van der Waals surface area contributed by atoms with E-state index < -0.39 is 23.2 Å². The number of amides is 1. The average Bonchev–Trinajstić information content (AvgIpc) is 3.41. The fourth-order valence-corrected chi connectivity index (χ4v) is 4.14. The summed E-state index contributed by atoms with van der Waals surface area (Å²) in [6, 6.07) is 0.680. The van der Waals surface area contributed by atoms with Crippen molar-refractivity contribution in [3.8, 4) is 11.5 Å². The highest BCUT2D eigenvalue weighted by Gasteiger charge is 2.32. The molecule has 5 aromatic heterocycles. The van der Waals surface area contributed by atoms with Gasteiger partial charge in [-0.1, -0.05) is 0 Å². The van der Waals surface area contributed by atoms with Crippen LogP contribution in [0.25, 0.3) is 16.7 Å². The van der Waals surface area contributed by atoms with Crippen molar-refractivity contribution in [1.29, 1.82) is 0 Å². The molecule has 0 saturated carbocycles. The molecule has 0 fully saturated rings. The fraction of sp³-hybridized carbons (Fsp3) is 0.217. The number of primary amides is 1. The second-order valence-corrected chi connectivity index (χ2v) is 8.58. The number of ether oxygens (including phenoxy) is 1. The number of rotatable bonds is 6. The quantitative estimate of drug-likeness (QED) is 0.293. The van der Waals surface area contributed by atoms with Gasteiger partial charge in [-0.05, 0) is 13.0 Å². The van der Waals surface area contributed by atoms with Crippen LogP contribution in [-0.4, -0.2) is 46.7 Å². The summed E-state index contributed by atoms with van der Waals surface area (Å²) in [7, 11) is 4.40. The number of carbonyl (C=O) groups excluding carboxylic acids is 1. The van der Waals surface area contributed by atoms with E-state index in [9.17, 15) is 22.8 Å². The maximum absolute atomic E-state index is 13.3. The number of nitrogens with zero attached hydrogens (tertiary/aromatic N) is 7. The van der Waals surface area contributed by atoms with E-state index in [1.165, 1.54) is 31.1 Å². The number of fused-ring (bicyclic) bond motifs is 2. The normalized spacial score (nSPS) is 11.8. The monoisotopic (exact) mass is 542 g/mol. The summed E-state index contributed by atoms with van der Waals surface area (Å²) in [5.41, 5.74) is 4.80. The van der Waals surface area contributed by atoms with Gasteiger partial charge in [0.2, 0.25) is 5.95 Å². The molecule has 0 saturated heterocycles. The third-order valence-electron chi connectivity index (χ3n) is 5.98. The first-order valence-corrected chi connectivity index (χ1v) is 11.3. The molecule has 0 unspecified atom stereocenters. The number of alkyl halides is 3. The molecule has 0 aliphatic rings. The lowest BCUT2D eigenvalue weighted by Gasteiger charge is -2.13. The van der Waals surface area contributed by atoms with Crippen LogP contribution in [0.15, 0.2) is 35.6 Å². The van der Waals surface area contributed by atoms with Gasteiger partial charge in [0.25, 0.3) is 11.5 Å². The van der Waals surface area contributed by atoms with Crippen molar-refractivity contribution >= 4 is 40.0 Å². The number of aromatic nitrogens is 7. The molecule has 202 valence electrons. The molecule has 13 nitrogen and oxygen atoms in total. The van der Waals surface area contributed by atoms with Crippen LogP contribution < -0.4 is 26.7 Å². The predicted molar refractivity (Wildman–Crippen MR) is 134 cm³/mol. The van der Waals surface area contributed by atoms with Gasteiger partial charge in [-0.2, -0.15) is 23.3 Å². The van der Waals surface area contributed by atoms with E-state index in [4.69, 9.17) is 10.5 Å². The molecule has 5 aromatic rings. The minimum Gasteiger partial charge on any atom is -0.451 e. The predicted octanol–water partition coefficient (Wildman–Crippen LogP) is 2.71. The second-order valence-electron chi connectivity index (χ2n) is 8.58. The van der Waals surface area contributed by atoms with E-state index in [0.29, 0.717) is 29.3 Å². The first kappa shape index (κ1) is 25.5. The summed E-state index contributed by atoms with van der Waals surface area (Å²) < 4.78 is 49.7. The van der Waals surface area contributed by atoms with Crippen molar-refractivity contribution in [2.75, 3.05) is 17.7 Å². The smallest absolute Gasteiger partial charge is 0.417 e. The number of hydrogen-bond donors (Lipinski definition) is 3. The number of nitrogens with two attached hydrogens (primary N) is 1. The number of hydrogen-bond acceptors (Lipinski definition) is 9. The van der Waals surface area contributed by atoms with Gasteiger partial charge in [-0.25, -0.2) is 14.5 Å². The van der Waals surface area contributed by atoms with Crippen LogP contribution in [0.3, 0.4) is 0 Å². The summed E-state index contributed by atoms with van der Waals surface area (Å²) in [4.78, 5) is 38.0. The summed E-state index contributed by atoms with van der Waals surface area (Å²) in [5.74, 6) is -0.0678. The third kappa shape index (κ3) is 4.34. The summed E-state index contributed by atoms with van der Waals surface area (Å²) >= 11 is 0. The van der Waals surface area contributed by atoms with Gasteiger partial charge in [-0.3, -0.25) is 9.59 Å². The summed E-state index contributed by atoms with van der Waals surface area (Å²) in [6.07, 6.45) is 0.357. The van der Waals surface area contributed by atoms with Crippen LogP contribution in [-0.2, 0) is 20.3 Å². The Hall–Kier alpha value is -5.15. The van der Waals surface area contributed by atoms with Gasteiger partial charge in [-0.15, -0.1) is 0 Å². The van der Waals surface area contributed by atoms with Crippen LogP contribution in [0.2, 0.25) is 0 Å². The van der Waals surface area contributed by atoms with E-state index in [-0.39, 0.29) is 39.9 Å². The lowest BCUT2D eigenvalue weighted by atomic mass is 10.2. The number of pyridine rings is 2. The molecule has 4 N–H and O–H groups in total. The molecular weight excluding hydrogens is 521 g/mol. The Kier molecular flexibility index (Phi) is 5.88. The van der Waals surface area contributed by atoms with E-state index in [1.807, 2.05) is 0 Å². The first-order valence-electron chi connectivity index (χ1n) is 11.3. The highest BCUT2D eigenvalue weighted by atomic mass is 19.4. The number of anilines is 3. The molecule has 0 radical (unpaired) electrons. The number of aryl methyl sites for hydroxylation is 3. The Morgan fingerprint density at radius 2 is 1.85 bits per heavy atom. The van der Waals surface area contributed by atoms with E-state index in [2.05, 4.69) is 30.7 Å². The van der Waals surface area contributed by atoms with Crippen LogP contribution in [0.1, 0.15) is 21.6 Å². The van der Waals surface area contributed by atoms with Crippen LogP contribution >= 0.6 is 0 Å². The van der Waals surface area contributed by atoms with Crippen molar-refractivity contribution < 1.29 is 22.7 Å². The van der Waals surface area contributed by atoms with Crippen molar-refractivity contribution in [3.05, 3.63) is 58.0 Å². The van der Waals surface area contributed by atoms with Crippen molar-refractivity contribution in [1.82, 2.24) is 33.7 Å². The molecule has 0 aliphatic heterocycles. The zero-order chi connectivity index (χ0) is 28.2. The summed E-state index contributed by atoms with van der Waals surface area (Å²) in [6.45, 7) is 1.76. The molecule has 39 heavy (non-hydrogen) atoms. The second kappa shape index (κ2) is 9.00. The largest absolute Gasteiger partial charge is 0.451 e. The molecule has 1 amide bonds. The number of imidazole rings is 1. The average molecular weight is 542 g/mol. The minimum atomic E-state index is -4.68. The van der Waals surface area contributed by atoms with Gasteiger partial charge in [0, 0.05) is 27.3 Å². The molecule has 5 rings (SSSR count). The topological polar surface area (TPSA) is 159 Å². The zero-order valence-electron chi connectivity index (χ0n) is 21.0. The van der Waals surface area contributed by atoms with E-state index >= 15 is 0 Å². The van der Waals surface area contributed by atoms with Crippen molar-refractivity contribution in [2.45, 2.75) is 13.1 Å². The summed E-state index contributed by atoms with van der Waals surface area (Å²) in [5, 5.41) is 9.81. The van der Waals surface area contributed by atoms with Gasteiger partial charge in [0.1, 0.15) is 28.1 Å². The molecule has 16 heteroatoms. The fourth-order valence-electron chi connectivity index (χ4n) is 4.14. The molecule has 0 aromatic carbocycles. The first-order chi connectivity index (χ1) is 18.4. The highest BCUT2D eigenvalue weighted by Crippen LogP contribution is 2.35. The van der Waals surface area contributed by atoms with E-state index in [0.717, 1.165) is 4.57 Å². The Morgan fingerprint density at radius 1 is 1.10 bits per heavy atom. The maximum Gasteiger partial charge on any atom is 0.417 e. The molecule has 0 bridgehead atoms. The maximum atomic E-state index is 13.3. The SMILES string of the molecule is CNc1cn2ncc(Oc3cnc4nc(Nc5cc(C(F)(F)F)cn(C)c5=O)n(C)c4c3C(N)=O)c2c(C)n1. The molecule has 0 atom stereocenters. The zero-order valence-corrected chi connectivity index (χ0v) is 21.0. The lowest BCUT2D eigenvalue weighted by Crippen LogP contribution is -2.23. The Bertz CT molecular complexity index is 1840. The number of carbonyl (C=O) groups is 1. The standard InChI is InChI=1S/C23H21F3N10O3/c1-10-17-14(7-30-36(17)9-15(28-2)31-10)39-13-6-29-20-18(16(13)19(27)37)35(4)22(33-20)32-12-5-11(23(24,25)26)8-34(3)21(12)38/h5-9,28H,1-4H3,(H2,27,37)(H,29,32,33). The Morgan fingerprint density at radius 3 is 2.51 bits per heavy atom. The Balaban J connectivity index is 1.60. The molecular formula is C23H21F3N10O3. The van der Waals surface area contributed by atoms with Crippen LogP contribution in [0.5, 0.6) is 11.5 Å². The minimum absolute atomic E-state index is 0.00785. The van der Waals surface area contributed by atoms with Gasteiger partial charge in [0.05, 0.1) is 29.8 Å². The molecule has 0 aliphatic carbocycles. The van der Waals surface area contributed by atoms with Crippen molar-refractivity contribution in [3.63, 3.8) is 0 Å². The lowest BCUT2D eigenvalue weighted by molar-refractivity contribution is -0.138. The van der Waals surface area contributed by atoms with Gasteiger partial charge < -0.3 is 30.2 Å². The molecule has 0 spiro atoms. The number of halogens is 3. The third-order valence-corrected chi connectivity index (χ3v) is 5.98. The van der Waals surface area contributed by atoms with Gasteiger partial charge >= 0.3 is 6.18 Å². The van der Waals surface area contributed by atoms with Crippen molar-refractivity contribution in [2.24, 2.45) is 19.8 Å². The number of nitrogens with one attached hydrogen (secondary N) is 2.